The van der Waals surface area contributed by atoms with Crippen molar-refractivity contribution in [3.05, 3.63) is 60.0 Å². The Morgan fingerprint density at radius 1 is 1.44 bits per heavy atom. The molecule has 0 saturated heterocycles. The Morgan fingerprint density at radius 2 is 2.32 bits per heavy atom. The quantitative estimate of drug-likeness (QED) is 0.400. The number of benzene rings is 1. The fourth-order valence-electron chi connectivity index (χ4n) is 2.32. The third-order valence-electron chi connectivity index (χ3n) is 3.64. The van der Waals surface area contributed by atoms with Crippen LogP contribution in [-0.4, -0.2) is 40.6 Å². The average molecular weight is 337 g/mol. The zero-order chi connectivity index (χ0) is 17.6. The summed E-state index contributed by atoms with van der Waals surface area (Å²) < 4.78 is 5.43. The van der Waals surface area contributed by atoms with Crippen LogP contribution in [-0.2, 0) is 4.79 Å². The van der Waals surface area contributed by atoms with E-state index in [1.165, 1.54) is 6.21 Å². The van der Waals surface area contributed by atoms with Gasteiger partial charge in [-0.2, -0.15) is 5.10 Å². The molecule has 3 aromatic rings. The lowest BCUT2D eigenvalue weighted by atomic mass is 10.1. The molecular weight excluding hydrogens is 320 g/mol. The molecule has 0 atom stereocenters. The summed E-state index contributed by atoms with van der Waals surface area (Å²) in [5.74, 6) is 0.0262. The molecule has 0 fully saturated rings. The minimum absolute atomic E-state index is 0.251. The lowest BCUT2D eigenvalue weighted by Gasteiger charge is -2.13. The van der Waals surface area contributed by atoms with Crippen molar-refractivity contribution in [3.63, 3.8) is 0 Å². The largest absolute Gasteiger partial charge is 0.476 e. The van der Waals surface area contributed by atoms with Crippen LogP contribution in [0.4, 0.5) is 0 Å². The van der Waals surface area contributed by atoms with Crippen molar-refractivity contribution in [1.29, 1.82) is 0 Å². The molecule has 7 nitrogen and oxygen atoms in total. The molecule has 0 bridgehead atoms. The maximum absolute atomic E-state index is 12.2. The van der Waals surface area contributed by atoms with Crippen molar-refractivity contribution in [2.24, 2.45) is 5.10 Å². The molecule has 1 amide bonds. The first-order valence-electron chi connectivity index (χ1n) is 7.67. The Kier molecular flexibility index (Phi) is 4.92. The van der Waals surface area contributed by atoms with Gasteiger partial charge in [0, 0.05) is 35.7 Å². The molecule has 0 aliphatic rings. The number of amides is 1. The van der Waals surface area contributed by atoms with E-state index in [4.69, 9.17) is 4.74 Å². The topological polar surface area (TPSA) is 92.0 Å². The van der Waals surface area contributed by atoms with Crippen LogP contribution in [0, 0.1) is 13.1 Å². The lowest BCUT2D eigenvalue weighted by Crippen LogP contribution is -2.31. The summed E-state index contributed by atoms with van der Waals surface area (Å²) in [6.45, 7) is 0.968. The summed E-state index contributed by atoms with van der Waals surface area (Å²) >= 11 is 0. The summed E-state index contributed by atoms with van der Waals surface area (Å²) in [7, 11) is 0. The van der Waals surface area contributed by atoms with Crippen LogP contribution in [0.2, 0.25) is 0 Å². The second kappa shape index (κ2) is 7.47. The molecule has 25 heavy (non-hydrogen) atoms. The molecule has 0 unspecified atom stereocenters. The summed E-state index contributed by atoms with van der Waals surface area (Å²) in [5.41, 5.74) is 2.44. The Hall–Kier alpha value is -3.37. The number of rotatable bonds is 6. The van der Waals surface area contributed by atoms with Crippen molar-refractivity contribution in [3.8, 4) is 5.75 Å². The van der Waals surface area contributed by atoms with Gasteiger partial charge < -0.3 is 14.8 Å². The molecule has 7 heteroatoms. The highest BCUT2D eigenvalue weighted by Crippen LogP contribution is 2.16. The highest BCUT2D eigenvalue weighted by atomic mass is 16.5. The predicted molar refractivity (Wildman–Crippen MR) is 90.9 cm³/mol. The molecule has 3 rings (SSSR count). The number of carbonyl (C=O) groups is 1. The van der Waals surface area contributed by atoms with E-state index in [-0.39, 0.29) is 6.61 Å². The minimum atomic E-state index is -0.540. The number of carbonyl (C=O) groups excluding carboxylic acids is 1. The highest BCUT2D eigenvalue weighted by Gasteiger charge is 2.15. The van der Waals surface area contributed by atoms with Crippen LogP contribution in [0.15, 0.2) is 47.7 Å². The number of H-pyrrole nitrogens is 1. The maximum atomic E-state index is 12.2. The van der Waals surface area contributed by atoms with Crippen molar-refractivity contribution >= 4 is 23.0 Å². The van der Waals surface area contributed by atoms with Crippen molar-refractivity contribution < 1.29 is 19.6 Å². The molecular formula is C18H17N4O3+. The Bertz CT molecular complexity index is 904. The van der Waals surface area contributed by atoms with Crippen LogP contribution < -0.4 is 9.72 Å². The number of aromatic nitrogens is 2. The number of fused-ring (bicyclic) bond motifs is 1. The molecule has 0 aliphatic heterocycles. The zero-order valence-corrected chi connectivity index (χ0v) is 13.6. The van der Waals surface area contributed by atoms with E-state index in [0.717, 1.165) is 21.5 Å². The Labute approximate surface area is 144 Å². The summed E-state index contributed by atoms with van der Waals surface area (Å²) in [4.78, 5) is 19.3. The van der Waals surface area contributed by atoms with Crippen LogP contribution in [0.25, 0.3) is 10.9 Å². The number of aromatic amines is 1. The average Bonchev–Trinajstić information content (AvgIpc) is 3.11. The van der Waals surface area contributed by atoms with Gasteiger partial charge in [0.25, 0.3) is 5.91 Å². The van der Waals surface area contributed by atoms with Gasteiger partial charge in [-0.1, -0.05) is 12.1 Å². The second-order valence-electron chi connectivity index (χ2n) is 5.28. The van der Waals surface area contributed by atoms with Gasteiger partial charge in [0.05, 0.1) is 12.3 Å². The third-order valence-corrected chi connectivity index (χ3v) is 3.64. The van der Waals surface area contributed by atoms with Crippen LogP contribution in [0.5, 0.6) is 5.75 Å². The van der Waals surface area contributed by atoms with Gasteiger partial charge in [-0.15, -0.1) is 0 Å². The SMILES string of the molecule is Cc1[n+]#cccc1OCC(=O)N(CO)N=Cc1cccc2[nH]ccc12. The number of hydrogen-bond acceptors (Lipinski definition) is 4. The second-order valence-corrected chi connectivity index (χ2v) is 5.28. The first-order valence-corrected chi connectivity index (χ1v) is 7.67. The van der Waals surface area contributed by atoms with Crippen molar-refractivity contribution in [1.82, 2.24) is 9.99 Å². The smallest absolute Gasteiger partial charge is 0.355 e. The molecule has 0 radical (unpaired) electrons. The van der Waals surface area contributed by atoms with Gasteiger partial charge in [-0.25, -0.2) is 5.01 Å². The molecule has 0 saturated carbocycles. The number of ether oxygens (including phenoxy) is 1. The van der Waals surface area contributed by atoms with E-state index in [1.807, 2.05) is 30.5 Å². The van der Waals surface area contributed by atoms with Crippen LogP contribution in [0.3, 0.4) is 0 Å². The zero-order valence-electron chi connectivity index (χ0n) is 13.6. The number of hydrogen-bond donors (Lipinski definition) is 2. The minimum Gasteiger partial charge on any atom is -0.476 e. The van der Waals surface area contributed by atoms with Gasteiger partial charge in [0.1, 0.15) is 6.73 Å². The monoisotopic (exact) mass is 337 g/mol. The van der Waals surface area contributed by atoms with Gasteiger partial charge in [-0.3, -0.25) is 4.79 Å². The number of hydrazone groups is 1. The number of nitrogens with one attached hydrogen (secondary N) is 1. The third kappa shape index (κ3) is 3.76. The summed E-state index contributed by atoms with van der Waals surface area (Å²) in [6.07, 6.45) is 6.05. The molecule has 126 valence electrons. The van der Waals surface area contributed by atoms with E-state index >= 15 is 0 Å². The van der Waals surface area contributed by atoms with E-state index < -0.39 is 12.6 Å². The molecule has 0 aliphatic carbocycles. The van der Waals surface area contributed by atoms with Crippen LogP contribution in [0.1, 0.15) is 11.3 Å². The molecule has 2 aromatic heterocycles. The first-order chi connectivity index (χ1) is 12.2. The van der Waals surface area contributed by atoms with Crippen molar-refractivity contribution in [2.75, 3.05) is 13.3 Å². The van der Waals surface area contributed by atoms with E-state index in [0.29, 0.717) is 11.4 Å². The Balaban J connectivity index is 1.68. The first kappa shape index (κ1) is 16.5. The molecule has 0 spiro atoms. The lowest BCUT2D eigenvalue weighted by molar-refractivity contribution is -0.306. The summed E-state index contributed by atoms with van der Waals surface area (Å²) in [6, 6.07) is 10.9. The molecule has 1 aromatic carbocycles. The van der Waals surface area contributed by atoms with Crippen LogP contribution >= 0.6 is 0 Å². The van der Waals surface area contributed by atoms with Gasteiger partial charge in [-0.05, 0) is 17.1 Å². The maximum Gasteiger partial charge on any atom is 0.355 e. The normalized spacial score (nSPS) is 10.8. The fourth-order valence-corrected chi connectivity index (χ4v) is 2.32. The number of aliphatic hydroxyl groups is 1. The molecule has 2 heterocycles. The van der Waals surface area contributed by atoms with Gasteiger partial charge in [0.2, 0.25) is 5.75 Å². The summed E-state index contributed by atoms with van der Waals surface area (Å²) in [5, 5.41) is 15.4. The Morgan fingerprint density at radius 3 is 3.12 bits per heavy atom. The predicted octanol–water partition coefficient (Wildman–Crippen LogP) is 1.07. The van der Waals surface area contributed by atoms with E-state index in [2.05, 4.69) is 21.3 Å². The van der Waals surface area contributed by atoms with Gasteiger partial charge in [0.15, 0.2) is 6.61 Å². The number of aliphatic hydroxyl groups excluding tert-OH is 1. The van der Waals surface area contributed by atoms with E-state index in [1.54, 1.807) is 19.1 Å². The number of nitrogens with zero attached hydrogens (tertiary/aromatic N) is 3. The fraction of sp³-hybridized carbons (Fsp3) is 0.167. The van der Waals surface area contributed by atoms with Crippen molar-refractivity contribution in [2.45, 2.75) is 6.92 Å². The standard InChI is InChI=1S/C18H17N4O3/c1-13-17(6-3-8-19-13)25-11-18(24)22(12-23)21-10-14-4-2-5-16-15(14)7-9-20-16/h2-7,9-10,20,23H,11-12H2,1H3/q+1. The van der Waals surface area contributed by atoms with E-state index in [9.17, 15) is 9.90 Å². The highest BCUT2D eigenvalue weighted by molar-refractivity contribution is 5.98. The van der Waals surface area contributed by atoms with Gasteiger partial charge >= 0.3 is 11.9 Å². The molecule has 2 N–H and O–H groups in total.